The Hall–Kier alpha value is -2.98. The van der Waals surface area contributed by atoms with Crippen LogP contribution in [0.5, 0.6) is 0 Å². The highest BCUT2D eigenvalue weighted by Crippen LogP contribution is 2.76. The number of hydrogen-bond acceptors (Lipinski definition) is 10. The SMILES string of the molecule is C=C1[C@@H]2[C@@H](OC(=O)C=C[C@@]2(C)[C@H]2CC(=O)OC2(C)C)[C@H](OC(C)=O)[C@@]2(C)[C@H](C3=CC(=O)OC3O)C[C@H]3O[C@]132. The third-order valence-electron chi connectivity index (χ3n) is 10.1. The maximum absolute atomic E-state index is 13.0. The molecule has 6 aliphatic rings. The minimum Gasteiger partial charge on any atom is -0.459 e. The number of carbonyl (C=O) groups excluding carboxylic acids is 4. The zero-order chi connectivity index (χ0) is 27.6. The molecule has 0 bridgehead atoms. The lowest BCUT2D eigenvalue weighted by atomic mass is 9.49. The van der Waals surface area contributed by atoms with E-state index in [-0.39, 0.29) is 24.4 Å². The molecule has 1 spiro atoms. The number of cyclic esters (lactones) is 2. The van der Waals surface area contributed by atoms with Crippen LogP contribution in [-0.4, -0.2) is 64.8 Å². The van der Waals surface area contributed by atoms with E-state index in [2.05, 4.69) is 6.58 Å². The van der Waals surface area contributed by atoms with Crippen molar-refractivity contribution in [3.05, 3.63) is 36.0 Å². The van der Waals surface area contributed by atoms with E-state index in [0.717, 1.165) is 0 Å². The fourth-order valence-corrected chi connectivity index (χ4v) is 8.63. The van der Waals surface area contributed by atoms with Crippen molar-refractivity contribution in [1.82, 2.24) is 0 Å². The molecule has 10 atom stereocenters. The summed E-state index contributed by atoms with van der Waals surface area (Å²) >= 11 is 0. The van der Waals surface area contributed by atoms with E-state index < -0.39 is 70.3 Å². The van der Waals surface area contributed by atoms with E-state index in [1.165, 1.54) is 19.1 Å². The summed E-state index contributed by atoms with van der Waals surface area (Å²) in [7, 11) is 0. The Bertz CT molecular complexity index is 1250. The Morgan fingerprint density at radius 3 is 2.42 bits per heavy atom. The van der Waals surface area contributed by atoms with Crippen molar-refractivity contribution in [3.63, 3.8) is 0 Å². The summed E-state index contributed by atoms with van der Waals surface area (Å²) in [6.45, 7) is 13.3. The Labute approximate surface area is 219 Å². The van der Waals surface area contributed by atoms with Gasteiger partial charge >= 0.3 is 23.9 Å². The van der Waals surface area contributed by atoms with E-state index in [4.69, 9.17) is 23.7 Å². The number of carbonyl (C=O) groups is 4. The van der Waals surface area contributed by atoms with E-state index in [9.17, 15) is 24.3 Å². The van der Waals surface area contributed by atoms with Crippen LogP contribution < -0.4 is 0 Å². The summed E-state index contributed by atoms with van der Waals surface area (Å²) < 4.78 is 29.1. The fraction of sp³-hybridized carbons (Fsp3) is 0.643. The highest BCUT2D eigenvalue weighted by molar-refractivity contribution is 5.86. The monoisotopic (exact) mass is 528 g/mol. The van der Waals surface area contributed by atoms with Gasteiger partial charge in [0.1, 0.15) is 23.4 Å². The molecule has 2 aliphatic carbocycles. The van der Waals surface area contributed by atoms with E-state index >= 15 is 0 Å². The third kappa shape index (κ3) is 3.01. The van der Waals surface area contributed by atoms with Gasteiger partial charge in [0, 0.05) is 47.8 Å². The molecule has 0 aromatic rings. The first kappa shape index (κ1) is 25.3. The number of aliphatic hydroxyl groups is 1. The van der Waals surface area contributed by atoms with Gasteiger partial charge < -0.3 is 28.8 Å². The van der Waals surface area contributed by atoms with Gasteiger partial charge in [-0.2, -0.15) is 0 Å². The van der Waals surface area contributed by atoms with E-state index in [1.807, 2.05) is 27.7 Å². The van der Waals surface area contributed by atoms with Gasteiger partial charge in [0.05, 0.1) is 17.9 Å². The number of fused-ring (bicyclic) bond motifs is 1. The van der Waals surface area contributed by atoms with Crippen molar-refractivity contribution in [2.24, 2.45) is 28.6 Å². The molecule has 4 heterocycles. The van der Waals surface area contributed by atoms with Gasteiger partial charge in [-0.25, -0.2) is 9.59 Å². The fourth-order valence-electron chi connectivity index (χ4n) is 8.63. The number of esters is 4. The molecular formula is C28H32O10. The topological polar surface area (TPSA) is 138 Å². The predicted molar refractivity (Wildman–Crippen MR) is 128 cm³/mol. The zero-order valence-corrected chi connectivity index (χ0v) is 22.0. The lowest BCUT2D eigenvalue weighted by Crippen LogP contribution is -2.66. The average Bonchev–Trinajstić information content (AvgIpc) is 3.27. The van der Waals surface area contributed by atoms with Crippen molar-refractivity contribution < 1.29 is 48.0 Å². The van der Waals surface area contributed by atoms with Crippen molar-refractivity contribution in [1.29, 1.82) is 0 Å². The van der Waals surface area contributed by atoms with Crippen LogP contribution in [0.3, 0.4) is 0 Å². The Morgan fingerprint density at radius 1 is 1.13 bits per heavy atom. The number of epoxide rings is 1. The number of rotatable bonds is 3. The maximum Gasteiger partial charge on any atom is 0.333 e. The molecule has 10 nitrogen and oxygen atoms in total. The van der Waals surface area contributed by atoms with E-state index in [0.29, 0.717) is 17.6 Å². The van der Waals surface area contributed by atoms with Gasteiger partial charge in [-0.1, -0.05) is 26.5 Å². The largest absolute Gasteiger partial charge is 0.459 e. The van der Waals surface area contributed by atoms with Gasteiger partial charge in [0.15, 0.2) is 0 Å². The van der Waals surface area contributed by atoms with Gasteiger partial charge in [-0.05, 0) is 25.8 Å². The van der Waals surface area contributed by atoms with Gasteiger partial charge in [-0.3, -0.25) is 9.59 Å². The quantitative estimate of drug-likeness (QED) is 0.250. The number of ether oxygens (including phenoxy) is 5. The Morgan fingerprint density at radius 2 is 1.84 bits per heavy atom. The second-order valence-electron chi connectivity index (χ2n) is 12.3. The summed E-state index contributed by atoms with van der Waals surface area (Å²) in [4.78, 5) is 50.0. The molecule has 10 heteroatoms. The van der Waals surface area contributed by atoms with Crippen LogP contribution in [0, 0.1) is 28.6 Å². The Balaban J connectivity index is 1.54. The van der Waals surface area contributed by atoms with Crippen LogP contribution >= 0.6 is 0 Å². The van der Waals surface area contributed by atoms with Crippen LogP contribution in [0.25, 0.3) is 0 Å². The van der Waals surface area contributed by atoms with Crippen LogP contribution in [0.1, 0.15) is 47.5 Å². The summed E-state index contributed by atoms with van der Waals surface area (Å²) in [5.74, 6) is -3.62. The molecule has 1 N–H and O–H groups in total. The second kappa shape index (κ2) is 7.57. The first-order chi connectivity index (χ1) is 17.7. The van der Waals surface area contributed by atoms with Gasteiger partial charge in [0.2, 0.25) is 6.29 Å². The molecule has 1 unspecified atom stereocenters. The summed E-state index contributed by atoms with van der Waals surface area (Å²) in [6, 6.07) is 0. The second-order valence-corrected chi connectivity index (χ2v) is 12.3. The molecule has 0 radical (unpaired) electrons. The minimum atomic E-state index is -1.44. The number of aliphatic hydroxyl groups excluding tert-OH is 1. The zero-order valence-electron chi connectivity index (χ0n) is 22.0. The summed E-state index contributed by atoms with van der Waals surface area (Å²) in [5.41, 5.74) is -2.71. The van der Waals surface area contributed by atoms with Crippen molar-refractivity contribution in [2.45, 2.75) is 83.3 Å². The van der Waals surface area contributed by atoms with Gasteiger partial charge in [0.25, 0.3) is 0 Å². The highest BCUT2D eigenvalue weighted by Gasteiger charge is 2.84. The molecule has 6 rings (SSSR count). The summed E-state index contributed by atoms with van der Waals surface area (Å²) in [6.07, 6.45) is 1.18. The first-order valence-electron chi connectivity index (χ1n) is 12.9. The maximum atomic E-state index is 13.0. The molecule has 0 aromatic carbocycles. The van der Waals surface area contributed by atoms with Gasteiger partial charge in [-0.15, -0.1) is 0 Å². The smallest absolute Gasteiger partial charge is 0.333 e. The number of allylic oxidation sites excluding steroid dienone is 1. The molecule has 0 amide bonds. The van der Waals surface area contributed by atoms with Crippen LogP contribution in [0.2, 0.25) is 0 Å². The molecule has 4 fully saturated rings. The van der Waals surface area contributed by atoms with Crippen molar-refractivity contribution in [2.75, 3.05) is 0 Å². The Kier molecular flexibility index (Phi) is 5.04. The van der Waals surface area contributed by atoms with E-state index in [1.54, 1.807) is 6.08 Å². The highest BCUT2D eigenvalue weighted by atomic mass is 16.6. The van der Waals surface area contributed by atoms with Crippen LogP contribution in [-0.2, 0) is 42.9 Å². The van der Waals surface area contributed by atoms with Crippen molar-refractivity contribution in [3.8, 4) is 0 Å². The minimum absolute atomic E-state index is 0.131. The molecular weight excluding hydrogens is 496 g/mol. The van der Waals surface area contributed by atoms with Crippen LogP contribution in [0.15, 0.2) is 36.0 Å². The molecule has 4 aliphatic heterocycles. The number of hydrogen-bond donors (Lipinski definition) is 1. The first-order valence-corrected chi connectivity index (χ1v) is 12.9. The normalized spacial score (nSPS) is 48.2. The predicted octanol–water partition coefficient (Wildman–Crippen LogP) is 1.90. The van der Waals surface area contributed by atoms with Crippen molar-refractivity contribution >= 4 is 23.9 Å². The molecule has 2 saturated carbocycles. The molecule has 204 valence electrons. The molecule has 38 heavy (non-hydrogen) atoms. The lowest BCUT2D eigenvalue weighted by Gasteiger charge is -2.57. The third-order valence-corrected chi connectivity index (χ3v) is 10.1. The standard InChI is InChI=1S/C28H32O10/c1-12-21-22(35-18(30)7-8-26(21,5)16-11-20(32)38-25(16,3)4)23(34-13(2)29)27(6)15(10-17-28(12,27)37-17)14-9-19(31)36-24(14)33/h7-9,15-17,21-24,33H,1,10-11H2,2-6H3/t15-,16-,17+,21+,22+,23-,24?,26-,27+,28+/m0/s1. The lowest BCUT2D eigenvalue weighted by molar-refractivity contribution is -0.206. The molecule has 2 saturated heterocycles. The van der Waals surface area contributed by atoms with Crippen LogP contribution in [0.4, 0.5) is 0 Å². The molecule has 0 aromatic heterocycles. The summed E-state index contributed by atoms with van der Waals surface area (Å²) in [5, 5.41) is 10.6. The average molecular weight is 529 g/mol.